The van der Waals surface area contributed by atoms with E-state index in [1.165, 1.54) is 0 Å². The van der Waals surface area contributed by atoms with Crippen molar-refractivity contribution >= 4 is 63.7 Å². The number of methoxy groups -OCH3 is 4. The summed E-state index contributed by atoms with van der Waals surface area (Å²) in [6.07, 6.45) is 0. The highest BCUT2D eigenvalue weighted by Crippen LogP contribution is 2.40. The Kier molecular flexibility index (Phi) is 9.79. The van der Waals surface area contributed by atoms with Gasteiger partial charge in [0.05, 0.1) is 46.3 Å². The van der Waals surface area contributed by atoms with Gasteiger partial charge in [0.1, 0.15) is 23.0 Å². The van der Waals surface area contributed by atoms with Crippen molar-refractivity contribution in [3.05, 3.63) is 41.2 Å². The smallest absolute Gasteiger partial charge is 0.137 e. The molecule has 2 aromatic carbocycles. The van der Waals surface area contributed by atoms with E-state index >= 15 is 0 Å². The molecule has 0 unspecified atom stereocenters. The minimum absolute atomic E-state index is 0.776. The van der Waals surface area contributed by atoms with Crippen LogP contribution in [-0.2, 0) is 0 Å². The summed E-state index contributed by atoms with van der Waals surface area (Å²) in [7, 11) is 6.53. The maximum absolute atomic E-state index is 5.18. The number of hydrogen-bond acceptors (Lipinski definition) is 4. The van der Waals surface area contributed by atoms with E-state index in [0.29, 0.717) is 0 Å². The molecule has 0 bridgehead atoms. The van der Waals surface area contributed by atoms with E-state index in [9.17, 15) is 0 Å². The first-order valence-electron chi connectivity index (χ1n) is 7.36. The van der Waals surface area contributed by atoms with Gasteiger partial charge in [0, 0.05) is 12.1 Å². The highest BCUT2D eigenvalue weighted by Gasteiger charge is 2.13. The molecular weight excluding hydrogens is 600 g/mol. The van der Waals surface area contributed by atoms with Crippen LogP contribution in [0.15, 0.2) is 30.0 Å². The molecule has 0 radical (unpaired) electrons. The van der Waals surface area contributed by atoms with Crippen LogP contribution in [0.2, 0.25) is 0 Å². The molecule has 0 saturated heterocycles. The van der Waals surface area contributed by atoms with Crippen molar-refractivity contribution in [2.45, 2.75) is 13.8 Å². The highest BCUT2D eigenvalue weighted by atomic mass is 79.9. The second-order valence-electron chi connectivity index (χ2n) is 5.07. The maximum atomic E-state index is 5.18. The Labute approximate surface area is 188 Å². The average Bonchev–Trinajstić information content (AvgIpc) is 2.65. The average molecular weight is 620 g/mol. The van der Waals surface area contributed by atoms with Crippen LogP contribution in [0.5, 0.6) is 23.0 Å². The summed E-state index contributed by atoms with van der Waals surface area (Å²) in [6.45, 7) is 3.97. The summed E-state index contributed by atoms with van der Waals surface area (Å²) in [5, 5.41) is 0. The van der Waals surface area contributed by atoms with E-state index in [0.717, 1.165) is 52.0 Å². The summed E-state index contributed by atoms with van der Waals surface area (Å²) in [4.78, 5) is 0. The second-order valence-corrected chi connectivity index (χ2v) is 8.24. The van der Waals surface area contributed by atoms with Crippen LogP contribution in [0.1, 0.15) is 11.1 Å². The van der Waals surface area contributed by atoms with E-state index in [2.05, 4.69) is 63.7 Å². The Morgan fingerprint density at radius 1 is 0.500 bits per heavy atom. The van der Waals surface area contributed by atoms with Crippen molar-refractivity contribution in [1.82, 2.24) is 0 Å². The van der Waals surface area contributed by atoms with E-state index in [-0.39, 0.29) is 0 Å². The Morgan fingerprint density at radius 2 is 0.692 bits per heavy atom. The van der Waals surface area contributed by atoms with Gasteiger partial charge in [-0.1, -0.05) is 0 Å². The van der Waals surface area contributed by atoms with Crippen molar-refractivity contribution < 1.29 is 18.9 Å². The van der Waals surface area contributed by atoms with Crippen LogP contribution >= 0.6 is 63.7 Å². The highest BCUT2D eigenvalue weighted by molar-refractivity contribution is 9.11. The molecule has 0 heterocycles. The van der Waals surface area contributed by atoms with Gasteiger partial charge in [-0.2, -0.15) is 0 Å². The number of benzene rings is 2. The monoisotopic (exact) mass is 616 g/mol. The zero-order valence-electron chi connectivity index (χ0n) is 15.3. The molecule has 144 valence electrons. The molecule has 0 fully saturated rings. The predicted octanol–water partition coefficient (Wildman–Crippen LogP) is 7.07. The van der Waals surface area contributed by atoms with Gasteiger partial charge in [0.15, 0.2) is 0 Å². The molecule has 0 spiro atoms. The van der Waals surface area contributed by atoms with Crippen molar-refractivity contribution in [3.8, 4) is 23.0 Å². The molecule has 0 aliphatic heterocycles. The SMILES string of the molecule is COc1cc(OC)c(Br)c(C)c1Br.COc1cc(OC)c(Br)c(C)c1Br. The zero-order valence-corrected chi connectivity index (χ0v) is 21.6. The van der Waals surface area contributed by atoms with Crippen LogP contribution in [0.25, 0.3) is 0 Å². The van der Waals surface area contributed by atoms with Crippen LogP contribution in [0.3, 0.4) is 0 Å². The molecule has 0 aliphatic carbocycles. The lowest BCUT2D eigenvalue weighted by Crippen LogP contribution is -1.92. The summed E-state index contributed by atoms with van der Waals surface area (Å²) in [5.41, 5.74) is 2.13. The molecule has 0 atom stereocenters. The Hall–Kier alpha value is -0.440. The first kappa shape index (κ1) is 23.6. The molecule has 8 heteroatoms. The molecule has 0 N–H and O–H groups in total. The molecular formula is C18H20Br4O4. The largest absolute Gasteiger partial charge is 0.495 e. The van der Waals surface area contributed by atoms with Gasteiger partial charge in [-0.05, 0) is 88.7 Å². The fraction of sp³-hybridized carbons (Fsp3) is 0.333. The van der Waals surface area contributed by atoms with Crippen LogP contribution in [0, 0.1) is 13.8 Å². The third-order valence-corrected chi connectivity index (χ3v) is 7.53. The molecule has 0 aromatic heterocycles. The lowest BCUT2D eigenvalue weighted by molar-refractivity contribution is 0.390. The first-order valence-corrected chi connectivity index (χ1v) is 10.5. The Bertz CT molecular complexity index is 657. The molecule has 26 heavy (non-hydrogen) atoms. The molecule has 0 aliphatic rings. The van der Waals surface area contributed by atoms with Gasteiger partial charge in [-0.3, -0.25) is 0 Å². The Morgan fingerprint density at radius 3 is 0.846 bits per heavy atom. The third-order valence-electron chi connectivity index (χ3n) is 3.59. The van der Waals surface area contributed by atoms with Gasteiger partial charge < -0.3 is 18.9 Å². The lowest BCUT2D eigenvalue weighted by Gasteiger charge is -2.11. The molecule has 0 saturated carbocycles. The summed E-state index contributed by atoms with van der Waals surface area (Å²) >= 11 is 13.8. The standard InChI is InChI=1S/2C9H10Br2O2/c2*1-5-8(10)6(12-2)4-7(13-3)9(5)11/h2*4H,1-3H3. The fourth-order valence-corrected chi connectivity index (χ4v) is 4.45. The number of ether oxygens (including phenoxy) is 4. The van der Waals surface area contributed by atoms with Gasteiger partial charge >= 0.3 is 0 Å². The minimum atomic E-state index is 0.776. The Balaban J connectivity index is 0.000000260. The fourth-order valence-electron chi connectivity index (χ4n) is 2.02. The van der Waals surface area contributed by atoms with Gasteiger partial charge in [0.2, 0.25) is 0 Å². The molecule has 2 aromatic rings. The van der Waals surface area contributed by atoms with Crippen molar-refractivity contribution in [1.29, 1.82) is 0 Å². The van der Waals surface area contributed by atoms with Crippen molar-refractivity contribution in [2.24, 2.45) is 0 Å². The third kappa shape index (κ3) is 5.30. The minimum Gasteiger partial charge on any atom is -0.495 e. The predicted molar refractivity (Wildman–Crippen MR) is 119 cm³/mol. The summed E-state index contributed by atoms with van der Waals surface area (Å²) in [6, 6.07) is 3.67. The molecule has 0 amide bonds. The van der Waals surface area contributed by atoms with Gasteiger partial charge in [-0.25, -0.2) is 0 Å². The van der Waals surface area contributed by atoms with Crippen molar-refractivity contribution in [3.63, 3.8) is 0 Å². The van der Waals surface area contributed by atoms with Crippen LogP contribution < -0.4 is 18.9 Å². The summed E-state index contributed by atoms with van der Waals surface area (Å²) in [5.74, 6) is 3.10. The van der Waals surface area contributed by atoms with Crippen molar-refractivity contribution in [2.75, 3.05) is 28.4 Å². The topological polar surface area (TPSA) is 36.9 Å². The second kappa shape index (κ2) is 10.8. The van der Waals surface area contributed by atoms with E-state index in [1.807, 2.05) is 26.0 Å². The number of halogens is 4. The lowest BCUT2D eigenvalue weighted by atomic mass is 10.2. The normalized spacial score (nSPS) is 9.92. The molecule has 2 rings (SSSR count). The van der Waals surface area contributed by atoms with E-state index in [1.54, 1.807) is 28.4 Å². The van der Waals surface area contributed by atoms with Crippen LogP contribution in [0.4, 0.5) is 0 Å². The summed E-state index contributed by atoms with van der Waals surface area (Å²) < 4.78 is 24.5. The zero-order chi connectivity index (χ0) is 20.0. The molecule has 4 nitrogen and oxygen atoms in total. The van der Waals surface area contributed by atoms with E-state index < -0.39 is 0 Å². The van der Waals surface area contributed by atoms with Crippen LogP contribution in [-0.4, -0.2) is 28.4 Å². The maximum Gasteiger partial charge on any atom is 0.137 e. The number of hydrogen-bond donors (Lipinski definition) is 0. The van der Waals surface area contributed by atoms with E-state index in [4.69, 9.17) is 18.9 Å². The quantitative estimate of drug-likeness (QED) is 0.367. The first-order chi connectivity index (χ1) is 12.2. The number of rotatable bonds is 4. The van der Waals surface area contributed by atoms with Gasteiger partial charge in [0.25, 0.3) is 0 Å². The van der Waals surface area contributed by atoms with Gasteiger partial charge in [-0.15, -0.1) is 0 Å².